The second-order valence-electron chi connectivity index (χ2n) is 4.88. The Hall–Kier alpha value is -0.910. The smallest absolute Gasteiger partial charge is 0.269 e. The van der Waals surface area contributed by atoms with Crippen molar-refractivity contribution in [1.82, 2.24) is 15.5 Å². The van der Waals surface area contributed by atoms with E-state index in [1.54, 1.807) is 11.3 Å². The molecule has 0 amide bonds. The first-order valence-electron chi connectivity index (χ1n) is 6.56. The fourth-order valence-corrected chi connectivity index (χ4v) is 3.49. The fourth-order valence-electron chi connectivity index (χ4n) is 2.29. The zero-order valence-corrected chi connectivity index (χ0v) is 12.4. The van der Waals surface area contributed by atoms with Crippen molar-refractivity contribution in [1.29, 1.82) is 0 Å². The van der Waals surface area contributed by atoms with E-state index in [0.717, 1.165) is 29.2 Å². The Balaban J connectivity index is 1.84. The Morgan fingerprint density at radius 3 is 3.11 bits per heavy atom. The van der Waals surface area contributed by atoms with Crippen LogP contribution in [0.1, 0.15) is 43.1 Å². The van der Waals surface area contributed by atoms with Crippen LogP contribution >= 0.6 is 22.9 Å². The summed E-state index contributed by atoms with van der Waals surface area (Å²) in [4.78, 5) is 5.37. The van der Waals surface area contributed by atoms with E-state index >= 15 is 0 Å². The molecule has 0 radical (unpaired) electrons. The summed E-state index contributed by atoms with van der Waals surface area (Å²) in [5.74, 6) is 1.28. The van der Waals surface area contributed by atoms with Crippen molar-refractivity contribution >= 4 is 22.9 Å². The minimum Gasteiger partial charge on any atom is -0.333 e. The van der Waals surface area contributed by atoms with Crippen LogP contribution in [-0.2, 0) is 0 Å². The Kier molecular flexibility index (Phi) is 3.86. The topological polar surface area (TPSA) is 51.0 Å². The number of aryl methyl sites for hydroxylation is 1. The molecular formula is C13H16ClN3OS. The third-order valence-electron chi connectivity index (χ3n) is 3.41. The van der Waals surface area contributed by atoms with Gasteiger partial charge in [-0.1, -0.05) is 29.6 Å². The van der Waals surface area contributed by atoms with Gasteiger partial charge in [-0.15, -0.1) is 11.3 Å². The SMILES string of the molecule is Cc1csc(-c2nc(C3CCCCCN3)no2)c1Cl. The van der Waals surface area contributed by atoms with E-state index < -0.39 is 0 Å². The highest BCUT2D eigenvalue weighted by Crippen LogP contribution is 2.36. The lowest BCUT2D eigenvalue weighted by Gasteiger charge is -2.09. The van der Waals surface area contributed by atoms with Gasteiger partial charge in [0.25, 0.3) is 5.89 Å². The van der Waals surface area contributed by atoms with Gasteiger partial charge in [0.05, 0.1) is 11.1 Å². The van der Waals surface area contributed by atoms with Crippen molar-refractivity contribution in [3.05, 3.63) is 21.8 Å². The molecule has 0 aliphatic carbocycles. The number of thiophene rings is 1. The molecule has 1 atom stereocenters. The molecule has 4 nitrogen and oxygen atoms in total. The number of nitrogens with zero attached hydrogens (tertiary/aromatic N) is 2. The second-order valence-corrected chi connectivity index (χ2v) is 6.13. The molecule has 0 bridgehead atoms. The van der Waals surface area contributed by atoms with Gasteiger partial charge < -0.3 is 9.84 Å². The first-order valence-corrected chi connectivity index (χ1v) is 7.82. The van der Waals surface area contributed by atoms with Crippen LogP contribution in [0.15, 0.2) is 9.90 Å². The normalized spacial score (nSPS) is 20.4. The third kappa shape index (κ3) is 2.68. The Morgan fingerprint density at radius 2 is 2.32 bits per heavy atom. The predicted molar refractivity (Wildman–Crippen MR) is 76.6 cm³/mol. The Bertz CT molecular complexity index is 558. The highest BCUT2D eigenvalue weighted by molar-refractivity contribution is 7.14. The zero-order chi connectivity index (χ0) is 13.2. The molecule has 1 saturated heterocycles. The van der Waals surface area contributed by atoms with Crippen LogP contribution in [0.3, 0.4) is 0 Å². The van der Waals surface area contributed by atoms with Gasteiger partial charge in [0.1, 0.15) is 4.88 Å². The molecule has 1 fully saturated rings. The van der Waals surface area contributed by atoms with Gasteiger partial charge in [0, 0.05) is 0 Å². The van der Waals surface area contributed by atoms with Crippen molar-refractivity contribution in [2.75, 3.05) is 6.54 Å². The molecule has 102 valence electrons. The number of halogens is 1. The zero-order valence-electron chi connectivity index (χ0n) is 10.8. The maximum absolute atomic E-state index is 6.23. The van der Waals surface area contributed by atoms with E-state index in [9.17, 15) is 0 Å². The van der Waals surface area contributed by atoms with Crippen molar-refractivity contribution < 1.29 is 4.52 Å². The van der Waals surface area contributed by atoms with Crippen LogP contribution in [0.2, 0.25) is 5.02 Å². The summed E-state index contributed by atoms with van der Waals surface area (Å²) in [6.07, 6.45) is 4.76. The minimum absolute atomic E-state index is 0.208. The molecule has 0 spiro atoms. The standard InChI is InChI=1S/C13H16ClN3OS/c1-8-7-19-11(10(8)14)13-16-12(17-18-13)9-5-3-2-4-6-15-9/h7,9,15H,2-6H2,1H3. The largest absolute Gasteiger partial charge is 0.333 e. The number of nitrogens with one attached hydrogen (secondary N) is 1. The van der Waals surface area contributed by atoms with Crippen molar-refractivity contribution in [3.63, 3.8) is 0 Å². The molecule has 1 N–H and O–H groups in total. The van der Waals surface area contributed by atoms with Crippen molar-refractivity contribution in [3.8, 4) is 10.8 Å². The molecule has 3 rings (SSSR count). The fraction of sp³-hybridized carbons (Fsp3) is 0.538. The van der Waals surface area contributed by atoms with Crippen LogP contribution in [0, 0.1) is 6.92 Å². The first kappa shape index (κ1) is 13.1. The van der Waals surface area contributed by atoms with Gasteiger partial charge in [-0.3, -0.25) is 0 Å². The Labute approximate surface area is 121 Å². The van der Waals surface area contributed by atoms with E-state index in [0.29, 0.717) is 10.9 Å². The van der Waals surface area contributed by atoms with Gasteiger partial charge in [-0.25, -0.2) is 0 Å². The molecule has 2 aromatic heterocycles. The molecule has 1 unspecified atom stereocenters. The molecule has 0 saturated carbocycles. The summed E-state index contributed by atoms with van der Waals surface area (Å²) in [6.45, 7) is 3.00. The van der Waals surface area contributed by atoms with Crippen LogP contribution in [0.25, 0.3) is 10.8 Å². The third-order valence-corrected chi connectivity index (χ3v) is 5.09. The van der Waals surface area contributed by atoms with Crippen LogP contribution < -0.4 is 5.32 Å². The summed E-state index contributed by atoms with van der Waals surface area (Å²) in [7, 11) is 0. The van der Waals surface area contributed by atoms with Crippen LogP contribution in [0.5, 0.6) is 0 Å². The summed E-state index contributed by atoms with van der Waals surface area (Å²) < 4.78 is 5.36. The lowest BCUT2D eigenvalue weighted by atomic mass is 10.1. The monoisotopic (exact) mass is 297 g/mol. The van der Waals surface area contributed by atoms with Gasteiger partial charge >= 0.3 is 0 Å². The van der Waals surface area contributed by atoms with E-state index in [1.165, 1.54) is 19.3 Å². The number of hydrogen-bond donors (Lipinski definition) is 1. The summed E-state index contributed by atoms with van der Waals surface area (Å²) in [6, 6.07) is 0.208. The van der Waals surface area contributed by atoms with Gasteiger partial charge in [0.2, 0.25) is 0 Å². The first-order chi connectivity index (χ1) is 9.25. The average Bonchev–Trinajstić information content (AvgIpc) is 2.90. The van der Waals surface area contributed by atoms with E-state index in [1.807, 2.05) is 12.3 Å². The quantitative estimate of drug-likeness (QED) is 0.911. The Morgan fingerprint density at radius 1 is 1.42 bits per heavy atom. The average molecular weight is 298 g/mol. The van der Waals surface area contributed by atoms with E-state index in [-0.39, 0.29) is 6.04 Å². The molecule has 0 aromatic carbocycles. The summed E-state index contributed by atoms with van der Waals surface area (Å²) in [5.41, 5.74) is 1.05. The van der Waals surface area contributed by atoms with E-state index in [4.69, 9.17) is 16.1 Å². The van der Waals surface area contributed by atoms with Crippen LogP contribution in [0.4, 0.5) is 0 Å². The predicted octanol–water partition coefficient (Wildman–Crippen LogP) is 3.96. The minimum atomic E-state index is 0.208. The van der Waals surface area contributed by atoms with Gasteiger partial charge in [-0.2, -0.15) is 4.98 Å². The second kappa shape index (κ2) is 5.61. The molecule has 1 aliphatic heterocycles. The molecule has 19 heavy (non-hydrogen) atoms. The van der Waals surface area contributed by atoms with Crippen molar-refractivity contribution in [2.24, 2.45) is 0 Å². The van der Waals surface area contributed by atoms with Gasteiger partial charge in [0.15, 0.2) is 5.82 Å². The van der Waals surface area contributed by atoms with Crippen LogP contribution in [-0.4, -0.2) is 16.7 Å². The maximum atomic E-state index is 6.23. The molecule has 3 heterocycles. The number of aromatic nitrogens is 2. The van der Waals surface area contributed by atoms with Crippen molar-refractivity contribution in [2.45, 2.75) is 38.6 Å². The molecule has 1 aliphatic rings. The lowest BCUT2D eigenvalue weighted by Crippen LogP contribution is -2.21. The molecule has 2 aromatic rings. The highest BCUT2D eigenvalue weighted by atomic mass is 35.5. The number of hydrogen-bond acceptors (Lipinski definition) is 5. The van der Waals surface area contributed by atoms with Gasteiger partial charge in [-0.05, 0) is 37.3 Å². The maximum Gasteiger partial charge on any atom is 0.269 e. The highest BCUT2D eigenvalue weighted by Gasteiger charge is 2.21. The summed E-state index contributed by atoms with van der Waals surface area (Å²) in [5, 5.41) is 10.3. The summed E-state index contributed by atoms with van der Waals surface area (Å²) >= 11 is 7.78. The molecular weight excluding hydrogens is 282 g/mol. The number of rotatable bonds is 2. The molecule has 6 heteroatoms. The lowest BCUT2D eigenvalue weighted by molar-refractivity contribution is 0.403. The van der Waals surface area contributed by atoms with E-state index in [2.05, 4.69) is 15.5 Å².